The first-order valence-electron chi connectivity index (χ1n) is 15.5. The van der Waals surface area contributed by atoms with E-state index < -0.39 is 0 Å². The molecule has 2 aliphatic rings. The largest absolute Gasteiger partial charge is 0.392 e. The van der Waals surface area contributed by atoms with Gasteiger partial charge in [0.2, 0.25) is 0 Å². The lowest BCUT2D eigenvalue weighted by atomic mass is 10.0. The van der Waals surface area contributed by atoms with Crippen molar-refractivity contribution in [2.75, 3.05) is 0 Å². The molecular formula is C41H32N4O. The van der Waals surface area contributed by atoms with E-state index in [2.05, 4.69) is 127 Å². The number of hydrogen-bond donors (Lipinski definition) is 3. The molecule has 5 heteroatoms. The summed E-state index contributed by atoms with van der Waals surface area (Å²) in [5, 5.41) is 10.6. The summed E-state index contributed by atoms with van der Waals surface area (Å²) < 4.78 is 0. The highest BCUT2D eigenvalue weighted by Crippen LogP contribution is 2.36. The number of nitrogens with zero attached hydrogens (tertiary/aromatic N) is 2. The van der Waals surface area contributed by atoms with E-state index in [1.54, 1.807) is 0 Å². The number of benzene rings is 3. The molecule has 3 aromatic carbocycles. The summed E-state index contributed by atoms with van der Waals surface area (Å²) in [5.41, 5.74) is 16.3. The fourth-order valence-electron chi connectivity index (χ4n) is 6.39. The molecule has 0 spiro atoms. The third-order valence-corrected chi connectivity index (χ3v) is 8.76. The molecular weight excluding hydrogens is 564 g/mol. The lowest BCUT2D eigenvalue weighted by Crippen LogP contribution is -1.91. The molecule has 222 valence electrons. The van der Waals surface area contributed by atoms with Gasteiger partial charge in [-0.25, -0.2) is 9.97 Å². The molecule has 5 heterocycles. The Labute approximate surface area is 267 Å². The third kappa shape index (κ3) is 4.87. The van der Waals surface area contributed by atoms with Gasteiger partial charge in [-0.15, -0.1) is 0 Å². The molecule has 6 aromatic rings. The van der Waals surface area contributed by atoms with Gasteiger partial charge >= 0.3 is 0 Å². The van der Waals surface area contributed by atoms with Gasteiger partial charge < -0.3 is 15.1 Å². The number of aryl methyl sites for hydroxylation is 2. The van der Waals surface area contributed by atoms with Gasteiger partial charge in [0.15, 0.2) is 0 Å². The molecule has 3 N–H and O–H groups in total. The maximum absolute atomic E-state index is 10.6. The van der Waals surface area contributed by atoms with Crippen LogP contribution in [0.3, 0.4) is 0 Å². The summed E-state index contributed by atoms with van der Waals surface area (Å²) in [4.78, 5) is 17.8. The molecule has 0 radical (unpaired) electrons. The number of H-pyrrole nitrogens is 2. The van der Waals surface area contributed by atoms with E-state index in [4.69, 9.17) is 9.97 Å². The quantitative estimate of drug-likeness (QED) is 0.189. The van der Waals surface area contributed by atoms with Crippen LogP contribution in [0.5, 0.6) is 0 Å². The smallest absolute Gasteiger partial charge is 0.0737 e. The molecule has 0 aliphatic carbocycles. The molecule has 0 saturated carbocycles. The van der Waals surface area contributed by atoms with Crippen LogP contribution >= 0.6 is 0 Å². The highest BCUT2D eigenvalue weighted by molar-refractivity contribution is 5.97. The lowest BCUT2D eigenvalue weighted by molar-refractivity contribution is 0.282. The Hall–Kier alpha value is -5.78. The van der Waals surface area contributed by atoms with E-state index >= 15 is 0 Å². The molecule has 0 fully saturated rings. The molecule has 5 nitrogen and oxygen atoms in total. The van der Waals surface area contributed by atoms with Gasteiger partial charge in [-0.2, -0.15) is 0 Å². The van der Waals surface area contributed by atoms with Crippen molar-refractivity contribution in [3.63, 3.8) is 0 Å². The summed E-state index contributed by atoms with van der Waals surface area (Å²) in [7, 11) is 0. The second-order valence-corrected chi connectivity index (χ2v) is 11.9. The average Bonchev–Trinajstić information content (AvgIpc) is 3.91. The number of fused-ring (bicyclic) bond motifs is 8. The Kier molecular flexibility index (Phi) is 6.81. The number of aromatic nitrogens is 4. The summed E-state index contributed by atoms with van der Waals surface area (Å²) >= 11 is 0. The minimum atomic E-state index is -0.156. The number of hydrogen-bond acceptors (Lipinski definition) is 3. The minimum absolute atomic E-state index is 0.156. The van der Waals surface area contributed by atoms with Crippen LogP contribution in [0.1, 0.15) is 39.5 Å². The first kappa shape index (κ1) is 27.7. The fraction of sp³-hybridized carbons (Fsp3) is 0.0732. The van der Waals surface area contributed by atoms with Crippen molar-refractivity contribution < 1.29 is 5.11 Å². The predicted octanol–water partition coefficient (Wildman–Crippen LogP) is 9.77. The summed E-state index contributed by atoms with van der Waals surface area (Å²) in [6, 6.07) is 35.8. The Morgan fingerprint density at radius 1 is 0.457 bits per heavy atom. The fourth-order valence-corrected chi connectivity index (χ4v) is 6.39. The first-order chi connectivity index (χ1) is 22.6. The standard InChI is InChI=1S/C41H32N4O/c1-25-8-12-28(13-9-25)40-33-18-16-31(42-33)30(24-46)32-17-19-34(43-32)41(29-14-10-26(2)11-15-29)38-23-21-36(45-38)39(27-6-4-3-5-7-27)35-20-22-37(40)44-35/h3-23,42,45-46H,24H2,1-2H3. The highest BCUT2D eigenvalue weighted by Gasteiger charge is 2.18. The third-order valence-electron chi connectivity index (χ3n) is 8.76. The van der Waals surface area contributed by atoms with Crippen molar-refractivity contribution in [2.24, 2.45) is 0 Å². The normalized spacial score (nSPS) is 12.2. The molecule has 0 atom stereocenters. The van der Waals surface area contributed by atoms with E-state index in [0.717, 1.165) is 83.8 Å². The van der Waals surface area contributed by atoms with Crippen molar-refractivity contribution in [3.8, 4) is 33.4 Å². The van der Waals surface area contributed by atoms with Gasteiger partial charge in [-0.1, -0.05) is 90.0 Å². The Morgan fingerprint density at radius 2 is 0.848 bits per heavy atom. The van der Waals surface area contributed by atoms with Crippen molar-refractivity contribution in [1.29, 1.82) is 0 Å². The van der Waals surface area contributed by atoms with Crippen molar-refractivity contribution in [3.05, 3.63) is 143 Å². The SMILES string of the molecule is Cc1ccc(-c2c3nc(c(-c4ccccc4)c4ccc([nH]4)c(-c4ccc(C)cc4)c4nc(c(CO)c5ccc2[nH]5)C=C4)C=C3)cc1. The first-order valence-corrected chi connectivity index (χ1v) is 15.5. The van der Waals surface area contributed by atoms with E-state index in [1.165, 1.54) is 11.1 Å². The molecule has 3 aromatic heterocycles. The predicted molar refractivity (Wildman–Crippen MR) is 191 cm³/mol. The van der Waals surface area contributed by atoms with Crippen LogP contribution in [-0.4, -0.2) is 25.0 Å². The number of rotatable bonds is 4. The lowest BCUT2D eigenvalue weighted by Gasteiger charge is -2.06. The molecule has 46 heavy (non-hydrogen) atoms. The molecule has 8 rings (SSSR count). The number of aliphatic hydroxyl groups is 1. The highest BCUT2D eigenvalue weighted by atomic mass is 16.3. The van der Waals surface area contributed by atoms with E-state index in [9.17, 15) is 5.11 Å². The summed E-state index contributed by atoms with van der Waals surface area (Å²) in [6.45, 7) is 4.03. The second kappa shape index (κ2) is 11.3. The van der Waals surface area contributed by atoms with Crippen LogP contribution in [0.2, 0.25) is 0 Å². The average molecular weight is 597 g/mol. The zero-order valence-corrected chi connectivity index (χ0v) is 25.7. The zero-order valence-electron chi connectivity index (χ0n) is 25.7. The van der Waals surface area contributed by atoms with Gasteiger partial charge in [0.1, 0.15) is 0 Å². The molecule has 0 unspecified atom stereocenters. The van der Waals surface area contributed by atoms with Gasteiger partial charge in [0, 0.05) is 44.3 Å². The van der Waals surface area contributed by atoms with E-state index in [0.29, 0.717) is 0 Å². The van der Waals surface area contributed by atoms with E-state index in [1.807, 2.05) is 24.3 Å². The summed E-state index contributed by atoms with van der Waals surface area (Å²) in [6.07, 6.45) is 8.24. The van der Waals surface area contributed by atoms with Crippen LogP contribution < -0.4 is 0 Å². The van der Waals surface area contributed by atoms with Crippen LogP contribution in [0, 0.1) is 13.8 Å². The van der Waals surface area contributed by atoms with E-state index in [-0.39, 0.29) is 6.61 Å². The Morgan fingerprint density at radius 3 is 1.33 bits per heavy atom. The molecule has 8 bridgehead atoms. The van der Waals surface area contributed by atoms with Crippen LogP contribution in [-0.2, 0) is 6.61 Å². The summed E-state index contributed by atoms with van der Waals surface area (Å²) in [5.74, 6) is 0. The van der Waals surface area contributed by atoms with Crippen molar-refractivity contribution >= 4 is 46.4 Å². The maximum atomic E-state index is 10.6. The minimum Gasteiger partial charge on any atom is -0.392 e. The van der Waals surface area contributed by atoms with Crippen LogP contribution in [0.4, 0.5) is 0 Å². The number of aliphatic hydroxyl groups excluding tert-OH is 1. The number of aromatic amines is 2. The van der Waals surface area contributed by atoms with Gasteiger partial charge in [0.25, 0.3) is 0 Å². The van der Waals surface area contributed by atoms with Gasteiger partial charge in [-0.05, 0) is 79.1 Å². The van der Waals surface area contributed by atoms with Gasteiger partial charge in [-0.3, -0.25) is 0 Å². The zero-order chi connectivity index (χ0) is 31.2. The van der Waals surface area contributed by atoms with Crippen LogP contribution in [0.15, 0.2) is 103 Å². The second-order valence-electron chi connectivity index (χ2n) is 11.9. The molecule has 0 saturated heterocycles. The van der Waals surface area contributed by atoms with Crippen molar-refractivity contribution in [2.45, 2.75) is 20.5 Å². The molecule has 0 amide bonds. The van der Waals surface area contributed by atoms with Crippen molar-refractivity contribution in [1.82, 2.24) is 19.9 Å². The monoisotopic (exact) mass is 596 g/mol. The molecule has 2 aliphatic heterocycles. The van der Waals surface area contributed by atoms with Gasteiger partial charge in [0.05, 0.1) is 29.4 Å². The van der Waals surface area contributed by atoms with Crippen LogP contribution in [0.25, 0.3) is 79.8 Å². The Balaban J connectivity index is 1.55. The maximum Gasteiger partial charge on any atom is 0.0737 e. The Bertz CT molecular complexity index is 2300. The number of nitrogens with one attached hydrogen (secondary N) is 2. The topological polar surface area (TPSA) is 77.6 Å².